The Hall–Kier alpha value is -11.3. The number of fused-ring (bicyclic) bond motifs is 13. The first-order valence-electron chi connectivity index (χ1n) is 34.8. The quantitative estimate of drug-likeness (QED) is 0.156. The summed E-state index contributed by atoms with van der Waals surface area (Å²) < 4.78 is 125. The zero-order valence-electron chi connectivity index (χ0n) is 59.5. The number of hydrogen-bond acceptors (Lipinski definition) is 4. The normalized spacial score (nSPS) is 14.8. The summed E-state index contributed by atoms with van der Waals surface area (Å²) in [6.45, 7) is 5.52. The SMILES string of the molecule is [2H]c1c([2H])c([2H])c(-c2ccc3c(c2)N(c2cccc(-n4c5ccccc5c5ccccc54)c2C#N)c2cc(C(C)(C)C)cc4c2B3c2ccc(-n3c5c([2H])c([2H])c([2H])c([2H])c5c5c([2H])c([2H])c([2H])c([2H])c53)cc2N4c2cccc(-n3c4ccccc4c4ccccc43)c2C#N)c([2H])c1[2H]. The third-order valence-corrected chi connectivity index (χ3v) is 17.4. The Morgan fingerprint density at radius 2 is 0.791 bits per heavy atom. The lowest BCUT2D eigenvalue weighted by atomic mass is 9.33. The van der Waals surface area contributed by atoms with Crippen LogP contribution < -0.4 is 26.2 Å². The maximum atomic E-state index is 12.2. The zero-order valence-corrected chi connectivity index (χ0v) is 46.5. The Morgan fingerprint density at radius 3 is 1.27 bits per heavy atom. The highest BCUT2D eigenvalue weighted by Crippen LogP contribution is 2.50. The van der Waals surface area contributed by atoms with Gasteiger partial charge in [0, 0.05) is 60.8 Å². The predicted octanol–water partition coefficient (Wildman–Crippen LogP) is 17.8. The van der Waals surface area contributed by atoms with E-state index in [4.69, 9.17) is 9.60 Å². The molecule has 2 aliphatic rings. The molecule has 0 bridgehead atoms. The number of anilines is 6. The lowest BCUT2D eigenvalue weighted by molar-refractivity contribution is 0.590. The van der Waals surface area contributed by atoms with Crippen molar-refractivity contribution in [3.63, 3.8) is 0 Å². The maximum absolute atomic E-state index is 12.2. The highest BCUT2D eigenvalue weighted by molar-refractivity contribution is 7.00. The van der Waals surface area contributed by atoms with Gasteiger partial charge in [-0.25, -0.2) is 0 Å². The standard InChI is InChI=1S/C78H52BN7/c1-78(2,3)51-44-75-77-76(45-51)86(72-38-20-36-70(60(72)48-81)84-67-33-17-11-27-57(67)58-28-12-18-34-68(58)84)74-46-52(82-63-29-13-7-23-53(63)54-24-8-14-30-64(54)82)40-42-62(74)79(77)61-41-39-50(49-21-5-4-6-22-49)43-73(61)85(75)71-37-19-35-69(59(71)47-80)83-65-31-15-9-25-55(65)56-26-10-16-32-66(56)83/h4-46H,1-3H3/i4D,5D,6D,7D,8D,13D,14D,21D,22D,23D,24D,29D,30D. The fourth-order valence-corrected chi connectivity index (χ4v) is 13.7. The van der Waals surface area contributed by atoms with Crippen LogP contribution in [0.1, 0.15) is 55.3 Å². The van der Waals surface area contributed by atoms with E-state index in [0.717, 1.165) is 54.6 Å². The second-order valence-electron chi connectivity index (χ2n) is 22.9. The van der Waals surface area contributed by atoms with Crippen LogP contribution in [0, 0.1) is 22.7 Å². The van der Waals surface area contributed by atoms with E-state index in [-0.39, 0.29) is 38.6 Å². The number of rotatable bonds is 6. The average Bonchev–Trinajstić information content (AvgIpc) is 1.46. The fourth-order valence-electron chi connectivity index (χ4n) is 13.7. The number of benzene rings is 12. The molecule has 0 N–H and O–H groups in total. The summed E-state index contributed by atoms with van der Waals surface area (Å²) in [6, 6.07) is 57.5. The number of nitrogens with zero attached hydrogens (tertiary/aromatic N) is 7. The predicted molar refractivity (Wildman–Crippen MR) is 357 cm³/mol. The van der Waals surface area contributed by atoms with Crippen LogP contribution in [-0.2, 0) is 5.41 Å². The molecule has 0 amide bonds. The van der Waals surface area contributed by atoms with Gasteiger partial charge in [-0.1, -0.05) is 190 Å². The van der Waals surface area contributed by atoms with E-state index < -0.39 is 90.7 Å². The first kappa shape index (κ1) is 37.7. The molecule has 0 atom stereocenters. The summed E-state index contributed by atoms with van der Waals surface area (Å²) in [7, 11) is 0. The molecule has 0 saturated carbocycles. The molecule has 0 radical (unpaired) electrons. The molecule has 3 aromatic heterocycles. The lowest BCUT2D eigenvalue weighted by Gasteiger charge is -2.45. The van der Waals surface area contributed by atoms with Gasteiger partial charge >= 0.3 is 0 Å². The van der Waals surface area contributed by atoms with E-state index in [1.165, 1.54) is 4.57 Å². The van der Waals surface area contributed by atoms with Gasteiger partial charge in [0.2, 0.25) is 0 Å². The molecule has 8 heteroatoms. The second-order valence-corrected chi connectivity index (χ2v) is 22.9. The molecule has 17 rings (SSSR count). The van der Waals surface area contributed by atoms with Gasteiger partial charge in [0.1, 0.15) is 23.3 Å². The molecule has 402 valence electrons. The van der Waals surface area contributed by atoms with Crippen LogP contribution in [0.4, 0.5) is 34.1 Å². The van der Waals surface area contributed by atoms with Gasteiger partial charge in [0.25, 0.3) is 6.71 Å². The third kappa shape index (κ3) is 7.02. The van der Waals surface area contributed by atoms with Crippen molar-refractivity contribution < 1.29 is 17.8 Å². The summed E-state index contributed by atoms with van der Waals surface area (Å²) in [4.78, 5) is 4.09. The molecule has 12 aromatic carbocycles. The summed E-state index contributed by atoms with van der Waals surface area (Å²) >= 11 is 0. The van der Waals surface area contributed by atoms with Crippen molar-refractivity contribution in [1.29, 1.82) is 10.5 Å². The average molecular weight is 1110 g/mol. The number of aromatic nitrogens is 3. The molecular formula is C78H52BN7. The molecule has 0 saturated heterocycles. The van der Waals surface area contributed by atoms with Crippen molar-refractivity contribution in [1.82, 2.24) is 13.7 Å². The molecule has 0 fully saturated rings. The zero-order chi connectivity index (χ0) is 68.8. The topological polar surface area (TPSA) is 68.8 Å². The van der Waals surface area contributed by atoms with Crippen molar-refractivity contribution in [3.8, 4) is 40.3 Å². The van der Waals surface area contributed by atoms with E-state index in [1.807, 2.05) is 143 Å². The van der Waals surface area contributed by atoms with Crippen molar-refractivity contribution in [2.24, 2.45) is 0 Å². The van der Waals surface area contributed by atoms with Gasteiger partial charge in [-0.15, -0.1) is 0 Å². The van der Waals surface area contributed by atoms with Crippen LogP contribution in [0.2, 0.25) is 0 Å². The lowest BCUT2D eigenvalue weighted by Crippen LogP contribution is -2.61. The van der Waals surface area contributed by atoms with E-state index >= 15 is 0 Å². The van der Waals surface area contributed by atoms with Gasteiger partial charge in [-0.2, -0.15) is 10.5 Å². The van der Waals surface area contributed by atoms with E-state index in [9.17, 15) is 18.7 Å². The van der Waals surface area contributed by atoms with E-state index in [1.54, 1.807) is 12.1 Å². The van der Waals surface area contributed by atoms with Crippen molar-refractivity contribution in [3.05, 3.63) is 277 Å². The molecular weight excluding hydrogens is 1050 g/mol. The molecule has 0 spiro atoms. The second kappa shape index (κ2) is 18.6. The monoisotopic (exact) mass is 1110 g/mol. The smallest absolute Gasteiger partial charge is 0.252 e. The minimum absolute atomic E-state index is 0.0348. The minimum Gasteiger partial charge on any atom is -0.310 e. The van der Waals surface area contributed by atoms with E-state index in [0.29, 0.717) is 67.6 Å². The molecule has 7 nitrogen and oxygen atoms in total. The number of para-hydroxylation sites is 6. The van der Waals surface area contributed by atoms with Crippen molar-refractivity contribution in [2.45, 2.75) is 26.2 Å². The first-order valence-corrected chi connectivity index (χ1v) is 28.3. The van der Waals surface area contributed by atoms with Crippen molar-refractivity contribution in [2.75, 3.05) is 9.80 Å². The van der Waals surface area contributed by atoms with Crippen LogP contribution >= 0.6 is 0 Å². The Balaban J connectivity index is 1.03. The van der Waals surface area contributed by atoms with Gasteiger partial charge in [0.15, 0.2) is 0 Å². The van der Waals surface area contributed by atoms with Gasteiger partial charge in [-0.3, -0.25) is 0 Å². The van der Waals surface area contributed by atoms with Crippen LogP contribution in [-0.4, -0.2) is 20.4 Å². The fraction of sp³-hybridized carbons (Fsp3) is 0.0513. The molecule has 15 aromatic rings. The van der Waals surface area contributed by atoms with E-state index in [2.05, 4.69) is 78.4 Å². The maximum Gasteiger partial charge on any atom is 0.252 e. The summed E-state index contributed by atoms with van der Waals surface area (Å²) in [5.41, 5.74) is 10.9. The van der Waals surface area contributed by atoms with Gasteiger partial charge in [0.05, 0.1) is 73.7 Å². The number of nitriles is 2. The van der Waals surface area contributed by atoms with Gasteiger partial charge in [-0.05, 0) is 129 Å². The van der Waals surface area contributed by atoms with Crippen LogP contribution in [0.3, 0.4) is 0 Å². The molecule has 86 heavy (non-hydrogen) atoms. The van der Waals surface area contributed by atoms with Crippen molar-refractivity contribution >= 4 is 123 Å². The largest absolute Gasteiger partial charge is 0.310 e. The first-order chi connectivity index (χ1) is 47.7. The molecule has 0 aliphatic carbocycles. The summed E-state index contributed by atoms with van der Waals surface area (Å²) in [6.07, 6.45) is 0. The van der Waals surface area contributed by atoms with Crippen LogP contribution in [0.15, 0.2) is 261 Å². The Labute approximate surface area is 516 Å². The Morgan fingerprint density at radius 1 is 0.360 bits per heavy atom. The minimum atomic E-state index is -0.755. The third-order valence-electron chi connectivity index (χ3n) is 17.4. The van der Waals surface area contributed by atoms with Crippen LogP contribution in [0.5, 0.6) is 0 Å². The summed E-state index contributed by atoms with van der Waals surface area (Å²) in [5.74, 6) is 0. The Bertz CT molecular complexity index is 6080. The molecule has 0 unspecified atom stereocenters. The van der Waals surface area contributed by atoms with Crippen LogP contribution in [0.25, 0.3) is 93.6 Å². The highest BCUT2D eigenvalue weighted by atomic mass is 15.2. The number of hydrogen-bond donors (Lipinski definition) is 0. The highest BCUT2D eigenvalue weighted by Gasteiger charge is 2.45. The summed E-state index contributed by atoms with van der Waals surface area (Å²) in [5, 5.41) is 27.9. The van der Waals surface area contributed by atoms with Gasteiger partial charge < -0.3 is 23.5 Å². The molecule has 5 heterocycles. The molecule has 2 aliphatic heterocycles. The Kier molecular flexibility index (Phi) is 8.16.